The summed E-state index contributed by atoms with van der Waals surface area (Å²) in [4.78, 5) is 4.82. The van der Waals surface area contributed by atoms with Crippen LogP contribution in [0.3, 0.4) is 0 Å². The third-order valence-corrected chi connectivity index (χ3v) is 5.19. The van der Waals surface area contributed by atoms with E-state index < -0.39 is 10.4 Å². The normalized spacial score (nSPS) is 36.1. The number of rotatable bonds is 12. The minimum absolute atomic E-state index is 0.484. The Bertz CT molecular complexity index is 542. The third kappa shape index (κ3) is 13.0. The van der Waals surface area contributed by atoms with E-state index in [9.17, 15) is 0 Å². The monoisotopic (exact) mass is 468 g/mol. The third-order valence-electron chi connectivity index (χ3n) is 5.19. The van der Waals surface area contributed by atoms with Gasteiger partial charge >= 0.3 is 10.4 Å². The van der Waals surface area contributed by atoms with Gasteiger partial charge in [-0.1, -0.05) is 0 Å². The van der Waals surface area contributed by atoms with E-state index in [0.29, 0.717) is 36.6 Å². The molecule has 6 unspecified atom stereocenters. The minimum Gasteiger partial charge on any atom is -0.372 e. The lowest BCUT2D eigenvalue weighted by Gasteiger charge is -2.18. The van der Waals surface area contributed by atoms with Crippen LogP contribution in [0.15, 0.2) is 0 Å². The average molecular weight is 469 g/mol. The van der Waals surface area contributed by atoms with Crippen LogP contribution in [-0.4, -0.2) is 143 Å². The summed E-state index contributed by atoms with van der Waals surface area (Å²) in [6.45, 7) is 12.0. The molecule has 0 amide bonds. The summed E-state index contributed by atoms with van der Waals surface area (Å²) in [5, 5.41) is 0. The summed E-state index contributed by atoms with van der Waals surface area (Å²) in [6, 6.07) is 0. The molecule has 0 aliphatic carbocycles. The van der Waals surface area contributed by atoms with Gasteiger partial charge in [0, 0.05) is 39.3 Å². The maximum absolute atomic E-state index is 8.74. The second kappa shape index (κ2) is 10.7. The van der Waals surface area contributed by atoms with Crippen LogP contribution in [0.25, 0.3) is 0 Å². The predicted molar refractivity (Wildman–Crippen MR) is 105 cm³/mol. The smallest absolute Gasteiger partial charge is 0.372 e. The minimum atomic E-state index is -4.67. The average Bonchev–Trinajstić information content (AvgIpc) is 3.46. The zero-order valence-corrected chi connectivity index (χ0v) is 18.2. The number of hydrogen-bond acceptors (Lipinski definition) is 10. The van der Waals surface area contributed by atoms with Gasteiger partial charge in [-0.3, -0.25) is 18.9 Å². The fraction of sp³-hybridized carbons (Fsp3) is 1.00. The van der Waals surface area contributed by atoms with Crippen molar-refractivity contribution < 1.29 is 45.9 Å². The van der Waals surface area contributed by atoms with Crippen LogP contribution in [-0.2, 0) is 38.8 Å². The van der Waals surface area contributed by atoms with E-state index in [1.165, 1.54) is 0 Å². The van der Waals surface area contributed by atoms with Crippen molar-refractivity contribution in [3.63, 3.8) is 0 Å². The van der Waals surface area contributed by atoms with E-state index in [2.05, 4.69) is 9.80 Å². The van der Waals surface area contributed by atoms with Gasteiger partial charge in [-0.25, -0.2) is 0 Å². The van der Waals surface area contributed by atoms with Crippen LogP contribution in [0.5, 0.6) is 0 Å². The zero-order valence-electron chi connectivity index (χ0n) is 17.4. The fourth-order valence-electron chi connectivity index (χ4n) is 3.22. The van der Waals surface area contributed by atoms with Gasteiger partial charge in [-0.05, 0) is 0 Å². The molecule has 0 aromatic carbocycles. The van der Waals surface area contributed by atoms with Crippen molar-refractivity contribution in [2.45, 2.75) is 36.6 Å². The van der Waals surface area contributed by atoms with E-state index in [1.807, 2.05) is 0 Å². The van der Waals surface area contributed by atoms with Crippen LogP contribution in [0.4, 0.5) is 0 Å². The van der Waals surface area contributed by atoms with Gasteiger partial charge in [0.05, 0.1) is 76.3 Å². The molecular weight excluding hydrogens is 436 g/mol. The highest BCUT2D eigenvalue weighted by atomic mass is 32.3. The number of hydrogen-bond donors (Lipinski definition) is 2. The van der Waals surface area contributed by atoms with Crippen LogP contribution >= 0.6 is 0 Å². The second-order valence-electron chi connectivity index (χ2n) is 8.62. The molecule has 6 rings (SSSR count). The molecule has 0 spiro atoms. The lowest BCUT2D eigenvalue weighted by atomic mass is 10.3. The molecule has 0 aromatic heterocycles. The highest BCUT2D eigenvalue weighted by Gasteiger charge is 2.35. The summed E-state index contributed by atoms with van der Waals surface area (Å²) in [5.41, 5.74) is 0. The first-order valence-electron chi connectivity index (χ1n) is 10.6. The van der Waals surface area contributed by atoms with Crippen LogP contribution in [0.2, 0.25) is 0 Å². The van der Waals surface area contributed by atoms with E-state index in [-0.39, 0.29) is 0 Å². The van der Waals surface area contributed by atoms with Gasteiger partial charge < -0.3 is 28.4 Å². The number of nitrogens with zero attached hydrogens (tertiary/aromatic N) is 2. The summed E-state index contributed by atoms with van der Waals surface area (Å²) < 4.78 is 62.9. The first-order valence-corrected chi connectivity index (χ1v) is 12.0. The molecule has 6 aliphatic heterocycles. The number of ether oxygens (including phenoxy) is 6. The molecule has 0 radical (unpaired) electrons. The zero-order chi connectivity index (χ0) is 21.8. The Morgan fingerprint density at radius 1 is 0.516 bits per heavy atom. The Morgan fingerprint density at radius 3 is 0.742 bits per heavy atom. The second-order valence-corrected chi connectivity index (χ2v) is 9.51. The van der Waals surface area contributed by atoms with Gasteiger partial charge in [-0.15, -0.1) is 0 Å². The lowest BCUT2D eigenvalue weighted by molar-refractivity contribution is 0.202. The fourth-order valence-corrected chi connectivity index (χ4v) is 3.22. The van der Waals surface area contributed by atoms with Gasteiger partial charge in [0.1, 0.15) is 0 Å². The summed E-state index contributed by atoms with van der Waals surface area (Å²) in [6.07, 6.45) is 2.90. The Labute approximate surface area is 182 Å². The molecule has 0 aromatic rings. The van der Waals surface area contributed by atoms with Crippen molar-refractivity contribution >= 4 is 10.4 Å². The van der Waals surface area contributed by atoms with Crippen molar-refractivity contribution in [1.82, 2.24) is 9.80 Å². The van der Waals surface area contributed by atoms with Gasteiger partial charge in [-0.2, -0.15) is 8.42 Å². The highest BCUT2D eigenvalue weighted by Crippen LogP contribution is 2.20. The number of epoxide rings is 6. The van der Waals surface area contributed by atoms with Crippen LogP contribution < -0.4 is 0 Å². The van der Waals surface area contributed by atoms with E-state index in [0.717, 1.165) is 78.9 Å². The van der Waals surface area contributed by atoms with E-state index >= 15 is 0 Å². The van der Waals surface area contributed by atoms with Crippen molar-refractivity contribution in [2.24, 2.45) is 0 Å². The van der Waals surface area contributed by atoms with Gasteiger partial charge in [0.25, 0.3) is 0 Å². The molecule has 2 N–H and O–H groups in total. The van der Waals surface area contributed by atoms with Crippen molar-refractivity contribution in [1.29, 1.82) is 0 Å². The molecular formula is C18H32N2O10S. The van der Waals surface area contributed by atoms with Gasteiger partial charge in [0.2, 0.25) is 0 Å². The van der Waals surface area contributed by atoms with Crippen molar-refractivity contribution in [2.75, 3.05) is 78.9 Å². The summed E-state index contributed by atoms with van der Waals surface area (Å²) in [7, 11) is -4.67. The maximum Gasteiger partial charge on any atom is 0.394 e. The standard InChI is InChI=1S/2C9H15NO3.H2O4S/c2*1(7-4-11-7)10(2-8-5-12-8)3-9-6-13-9;1-5(2,3)4/h2*7-9H,1-6H2;(H2,1,2,3,4). The maximum atomic E-state index is 8.74. The van der Waals surface area contributed by atoms with Crippen molar-refractivity contribution in [3.8, 4) is 0 Å². The topological polar surface area (TPSA) is 156 Å². The molecule has 6 aliphatic rings. The van der Waals surface area contributed by atoms with E-state index in [1.54, 1.807) is 0 Å². The first-order chi connectivity index (χ1) is 14.8. The van der Waals surface area contributed by atoms with Crippen molar-refractivity contribution in [3.05, 3.63) is 0 Å². The Balaban J connectivity index is 0.000000124. The SMILES string of the molecule is C1OC1CN(CC1CO1)CC1CO1.C1OC1CN(CC1CO1)CC1CO1.O=S(=O)(O)O. The highest BCUT2D eigenvalue weighted by molar-refractivity contribution is 7.79. The molecule has 6 heterocycles. The Hall–Kier alpha value is -0.450. The van der Waals surface area contributed by atoms with E-state index in [4.69, 9.17) is 45.9 Å². The van der Waals surface area contributed by atoms with Crippen LogP contribution in [0, 0.1) is 0 Å². The molecule has 6 fully saturated rings. The van der Waals surface area contributed by atoms with Crippen LogP contribution in [0.1, 0.15) is 0 Å². The Morgan fingerprint density at radius 2 is 0.645 bits per heavy atom. The molecule has 0 saturated carbocycles. The molecule has 12 nitrogen and oxygen atoms in total. The molecule has 6 atom stereocenters. The first kappa shape index (κ1) is 23.7. The quantitative estimate of drug-likeness (QED) is 0.248. The molecule has 6 saturated heterocycles. The Kier molecular flexibility index (Phi) is 8.14. The largest absolute Gasteiger partial charge is 0.394 e. The lowest BCUT2D eigenvalue weighted by Crippen LogP contribution is -2.34. The molecule has 180 valence electrons. The van der Waals surface area contributed by atoms with Gasteiger partial charge in [0.15, 0.2) is 0 Å². The molecule has 31 heavy (non-hydrogen) atoms. The molecule has 0 bridgehead atoms. The predicted octanol–water partition coefficient (Wildman–Crippen LogP) is -1.68. The summed E-state index contributed by atoms with van der Waals surface area (Å²) in [5.74, 6) is 0. The molecule has 13 heteroatoms. The summed E-state index contributed by atoms with van der Waals surface area (Å²) >= 11 is 0.